The molecule has 3 aliphatic rings. The molecular formula is C75H100N12O15S2. The van der Waals surface area contributed by atoms with E-state index in [0.29, 0.717) is 118 Å². The SMILES string of the molecule is CCCc1cc2c(cc1C)C(c1ccccc1C(=O)N(C)CCCC(=O)NCCCCCC(=O)NC(CCCSSCCC(=O)NCC#Cc1cn([C@H]3CC[C@@H](CO)O3)c3ncnc(N)c13)C(=O)NCCCCCC(=O)NC(CC(=O)O)C(=O)NC(CC(=O)O)C(=O)O)C1C=C(C)C(=NCC)C=C1C2. The third kappa shape index (κ3) is 24.8. The third-order valence-electron chi connectivity index (χ3n) is 18.4. The molecule has 4 aromatic rings. The van der Waals surface area contributed by atoms with Crippen molar-refractivity contribution >= 4 is 103 Å². The van der Waals surface area contributed by atoms with Gasteiger partial charge >= 0.3 is 17.9 Å². The van der Waals surface area contributed by atoms with Gasteiger partial charge in [-0.1, -0.05) is 102 Å². The number of aliphatic hydroxyl groups excluding tert-OH is 1. The van der Waals surface area contributed by atoms with E-state index >= 15 is 0 Å². The van der Waals surface area contributed by atoms with Crippen LogP contribution in [0.1, 0.15) is 192 Å². The highest BCUT2D eigenvalue weighted by molar-refractivity contribution is 8.76. The van der Waals surface area contributed by atoms with E-state index in [4.69, 9.17) is 20.6 Å². The predicted molar refractivity (Wildman–Crippen MR) is 398 cm³/mol. The van der Waals surface area contributed by atoms with Gasteiger partial charge in [0.25, 0.3) is 5.91 Å². The normalized spacial score (nSPS) is 17.2. The van der Waals surface area contributed by atoms with Gasteiger partial charge < -0.3 is 72.3 Å². The number of carbonyl (C=O) groups is 10. The number of unbranched alkanes of at least 4 members (excludes halogenated alkanes) is 4. The van der Waals surface area contributed by atoms with E-state index in [1.54, 1.807) is 18.1 Å². The van der Waals surface area contributed by atoms with Crippen LogP contribution in [0.3, 0.4) is 0 Å². The number of carboxylic acid groups (broad SMARTS) is 3. The number of ether oxygens (including phenoxy) is 1. The van der Waals surface area contributed by atoms with Gasteiger partial charge in [0.05, 0.1) is 48.8 Å². The zero-order valence-corrected chi connectivity index (χ0v) is 61.7. The molecule has 1 saturated heterocycles. The molecule has 104 heavy (non-hydrogen) atoms. The summed E-state index contributed by atoms with van der Waals surface area (Å²) in [5, 5.41) is 53.6. The molecule has 0 radical (unpaired) electrons. The van der Waals surface area contributed by atoms with Crippen LogP contribution in [0.15, 0.2) is 77.2 Å². The second-order valence-corrected chi connectivity index (χ2v) is 29.0. The summed E-state index contributed by atoms with van der Waals surface area (Å²) in [5.41, 5.74) is 17.6. The molecular weight excluding hydrogens is 1370 g/mol. The van der Waals surface area contributed by atoms with Crippen LogP contribution in [-0.4, -0.2) is 187 Å². The third-order valence-corrected chi connectivity index (χ3v) is 20.9. The molecule has 2 aliphatic carbocycles. The molecule has 0 spiro atoms. The molecule has 0 saturated carbocycles. The summed E-state index contributed by atoms with van der Waals surface area (Å²) < 4.78 is 7.80. The highest BCUT2D eigenvalue weighted by Gasteiger charge is 2.38. The van der Waals surface area contributed by atoms with Crippen molar-refractivity contribution in [1.82, 2.24) is 51.3 Å². The quantitative estimate of drug-likeness (QED) is 0.0121. The number of aromatic nitrogens is 3. The molecule has 7 amide bonds. The van der Waals surface area contributed by atoms with E-state index in [1.807, 2.05) is 35.0 Å². The van der Waals surface area contributed by atoms with Gasteiger partial charge in [0, 0.05) is 94.0 Å². The lowest BCUT2D eigenvalue weighted by atomic mass is 9.65. The number of nitrogens with two attached hydrogens (primary N) is 1. The number of amides is 7. The number of allylic oxidation sites excluding steroid dienone is 4. The average molecular weight is 1470 g/mol. The fourth-order valence-electron chi connectivity index (χ4n) is 13.1. The molecule has 7 rings (SSSR count). The summed E-state index contributed by atoms with van der Waals surface area (Å²) >= 11 is 0. The number of carboxylic acids is 3. The number of anilines is 1. The van der Waals surface area contributed by atoms with Crippen molar-refractivity contribution in [2.45, 2.75) is 192 Å². The zero-order valence-electron chi connectivity index (χ0n) is 60.0. The van der Waals surface area contributed by atoms with Crippen LogP contribution >= 0.6 is 21.6 Å². The number of fused-ring (bicyclic) bond motifs is 3. The first-order valence-electron chi connectivity index (χ1n) is 35.9. The Hall–Kier alpha value is -9.11. The summed E-state index contributed by atoms with van der Waals surface area (Å²) in [4.78, 5) is 142. The minimum Gasteiger partial charge on any atom is -0.481 e. The van der Waals surface area contributed by atoms with Crippen LogP contribution in [0.4, 0.5) is 5.82 Å². The number of rotatable bonds is 42. The van der Waals surface area contributed by atoms with E-state index in [1.165, 1.54) is 55.7 Å². The van der Waals surface area contributed by atoms with Crippen LogP contribution in [-0.2, 0) is 60.7 Å². The lowest BCUT2D eigenvalue weighted by Crippen LogP contribution is -2.52. The van der Waals surface area contributed by atoms with Gasteiger partial charge in [0.1, 0.15) is 42.1 Å². The van der Waals surface area contributed by atoms with Crippen LogP contribution in [0.5, 0.6) is 0 Å². The fourth-order valence-corrected chi connectivity index (χ4v) is 15.2. The van der Waals surface area contributed by atoms with E-state index < -0.39 is 66.6 Å². The lowest BCUT2D eigenvalue weighted by molar-refractivity contribution is -0.148. The van der Waals surface area contributed by atoms with Gasteiger partial charge in [0.15, 0.2) is 0 Å². The van der Waals surface area contributed by atoms with Gasteiger partial charge in [-0.25, -0.2) is 14.8 Å². The van der Waals surface area contributed by atoms with Crippen molar-refractivity contribution in [3.05, 3.63) is 111 Å². The first-order valence-corrected chi connectivity index (χ1v) is 38.4. The smallest absolute Gasteiger partial charge is 0.326 e. The molecule has 3 heterocycles. The summed E-state index contributed by atoms with van der Waals surface area (Å²) in [6.07, 6.45) is 14.1. The summed E-state index contributed by atoms with van der Waals surface area (Å²) in [6.45, 7) is 10.2. The Labute approximate surface area is 614 Å². The van der Waals surface area contributed by atoms with Gasteiger partial charge in [-0.2, -0.15) is 0 Å². The van der Waals surface area contributed by atoms with Gasteiger partial charge in [-0.15, -0.1) is 0 Å². The van der Waals surface area contributed by atoms with Crippen molar-refractivity contribution in [2.24, 2.45) is 10.9 Å². The van der Waals surface area contributed by atoms with E-state index in [2.05, 4.69) is 99.5 Å². The monoisotopic (exact) mass is 1470 g/mol. The van der Waals surface area contributed by atoms with Crippen molar-refractivity contribution < 1.29 is 73.1 Å². The number of aryl methyl sites for hydroxylation is 2. The maximum absolute atomic E-state index is 14.4. The number of benzene rings is 2. The molecule has 1 aliphatic heterocycles. The van der Waals surface area contributed by atoms with E-state index in [-0.39, 0.29) is 105 Å². The number of nitrogen functional groups attached to an aromatic ring is 1. The van der Waals surface area contributed by atoms with Crippen molar-refractivity contribution in [1.29, 1.82) is 0 Å². The Morgan fingerprint density at radius 2 is 1.44 bits per heavy atom. The van der Waals surface area contributed by atoms with Crippen LogP contribution in [0.2, 0.25) is 0 Å². The average Bonchev–Trinajstić information content (AvgIpc) is 0.815. The Kier molecular flexibility index (Phi) is 33.2. The van der Waals surface area contributed by atoms with Gasteiger partial charge in [-0.3, -0.25) is 48.1 Å². The minimum absolute atomic E-state index is 0.0645. The highest BCUT2D eigenvalue weighted by atomic mass is 33.1. The van der Waals surface area contributed by atoms with E-state index in [9.17, 15) is 63.3 Å². The van der Waals surface area contributed by atoms with Gasteiger partial charge in [-0.05, 0) is 137 Å². The number of nitrogens with one attached hydrogen (secondary N) is 6. The largest absolute Gasteiger partial charge is 0.481 e. The first-order chi connectivity index (χ1) is 50.0. The van der Waals surface area contributed by atoms with Crippen molar-refractivity contribution in [3.8, 4) is 11.8 Å². The molecule has 29 heteroatoms. The fraction of sp³-hybridized carbons (Fsp3) is 0.533. The van der Waals surface area contributed by atoms with E-state index in [0.717, 1.165) is 36.1 Å². The highest BCUT2D eigenvalue weighted by Crippen LogP contribution is 2.48. The number of carbonyl (C=O) groups excluding carboxylic acids is 7. The number of hydrogen-bond donors (Lipinski definition) is 11. The number of aliphatic imine (C=N–C) groups is 1. The van der Waals surface area contributed by atoms with Gasteiger partial charge in [0.2, 0.25) is 35.4 Å². The minimum atomic E-state index is -1.86. The Bertz CT molecular complexity index is 3880. The number of aliphatic carboxylic acids is 3. The standard InChI is InChI=1S/C75H100N12O15S2/c1-6-19-48-38-50-39-51-40-58(77-7-2)47(4)37-56(51)69(55(50)36-46(48)3)53-21-12-13-22-54(53)74(99)86(5)33-17-26-61(89)78-30-14-8-10-24-63(91)83-57(72(97)80-31-15-9-11-25-64(92)84-59(41-66(93)94)73(98)85-60(75(100)101)42-67(95)96)23-18-34-103-104-35-29-62(90)79-32-16-20-49-43-87(65-28-27-52(44-88)102-65)71-68(49)70(76)81-45-82-71/h12-13,21-22,36-38,40,43,45,52,56-57,59-60,65,69,88H,6-11,14-15,17-19,23-35,39,41-42,44H2,1-5H3,(H,78,89)(H,79,90)(H,80,97)(H,83,91)(H,84,92)(H,85,98)(H,93,94)(H,95,96)(H,100,101)(H2,76,81,82)/t52-,56?,57?,59?,60?,65+,69?/m0/s1. The Morgan fingerprint density at radius 3 is 2.13 bits per heavy atom. The maximum Gasteiger partial charge on any atom is 0.326 e. The molecule has 562 valence electrons. The number of hydrogen-bond acceptors (Lipinski definition) is 18. The molecule has 12 N–H and O–H groups in total. The number of nitrogens with zero attached hydrogens (tertiary/aromatic N) is 5. The van der Waals surface area contributed by atoms with Crippen LogP contribution in [0.25, 0.3) is 11.0 Å². The van der Waals surface area contributed by atoms with Crippen molar-refractivity contribution in [3.63, 3.8) is 0 Å². The topological polar surface area (TPSA) is 405 Å². The second kappa shape index (κ2) is 42.0. The molecule has 2 aromatic carbocycles. The van der Waals surface area contributed by atoms with Crippen LogP contribution in [0, 0.1) is 24.7 Å². The van der Waals surface area contributed by atoms with Crippen LogP contribution < -0.4 is 37.6 Å². The number of aliphatic hydroxyl groups is 1. The lowest BCUT2D eigenvalue weighted by Gasteiger charge is -2.38. The summed E-state index contributed by atoms with van der Waals surface area (Å²) in [6, 6.07) is 8.22. The summed E-state index contributed by atoms with van der Waals surface area (Å²) in [7, 11) is 4.80. The molecule has 27 nitrogen and oxygen atoms in total. The summed E-state index contributed by atoms with van der Waals surface area (Å²) in [5.74, 6) is -0.311. The predicted octanol–water partition coefficient (Wildman–Crippen LogP) is 7.01. The first kappa shape index (κ1) is 82.2. The molecule has 7 atom stereocenters. The molecule has 2 aromatic heterocycles. The molecule has 1 fully saturated rings. The molecule has 5 unspecified atom stereocenters. The Balaban J connectivity index is 0.840. The second-order valence-electron chi connectivity index (χ2n) is 26.3. The molecule has 0 bridgehead atoms. The maximum atomic E-state index is 14.4. The Morgan fingerprint density at radius 1 is 0.760 bits per heavy atom. The van der Waals surface area contributed by atoms with Crippen molar-refractivity contribution in [2.75, 3.05) is 63.6 Å². The zero-order chi connectivity index (χ0) is 75.2.